The normalized spacial score (nSPS) is 26.8. The van der Waals surface area contributed by atoms with Crippen LogP contribution in [0.3, 0.4) is 0 Å². The van der Waals surface area contributed by atoms with Gasteiger partial charge < -0.3 is 10.2 Å². The topological polar surface area (TPSA) is 27.6 Å². The van der Waals surface area contributed by atoms with Crippen molar-refractivity contribution in [2.45, 2.75) is 52.4 Å². The molecule has 2 rings (SSSR count). The standard InChI is InChI=1S/C15H29N3.HI/c1-3-5-10-17-15(16-4-2)18-11-13-8-6-7-9-14(13)12-18;/h13-14H,3-12H2,1-2H3,(H,16,17);1H. The molecule has 1 aliphatic carbocycles. The summed E-state index contributed by atoms with van der Waals surface area (Å²) in [4.78, 5) is 7.29. The van der Waals surface area contributed by atoms with Crippen LogP contribution in [0.25, 0.3) is 0 Å². The number of hydrogen-bond donors (Lipinski definition) is 1. The van der Waals surface area contributed by atoms with Gasteiger partial charge in [-0.25, -0.2) is 0 Å². The fourth-order valence-electron chi connectivity index (χ4n) is 3.35. The zero-order chi connectivity index (χ0) is 12.8. The van der Waals surface area contributed by atoms with Gasteiger partial charge in [0, 0.05) is 26.2 Å². The van der Waals surface area contributed by atoms with E-state index < -0.39 is 0 Å². The van der Waals surface area contributed by atoms with Gasteiger partial charge in [-0.05, 0) is 38.0 Å². The molecule has 1 N–H and O–H groups in total. The Bertz CT molecular complexity index is 267. The molecule has 0 amide bonds. The first kappa shape index (κ1) is 17.1. The van der Waals surface area contributed by atoms with Crippen molar-refractivity contribution in [3.8, 4) is 0 Å². The van der Waals surface area contributed by atoms with Crippen LogP contribution in [0, 0.1) is 11.8 Å². The summed E-state index contributed by atoms with van der Waals surface area (Å²) in [7, 11) is 0. The molecule has 0 aromatic rings. The lowest BCUT2D eigenvalue weighted by Crippen LogP contribution is -2.40. The SMILES string of the molecule is CCCCN=C(NCC)N1CC2CCCCC2C1.I. The molecule has 1 aliphatic heterocycles. The summed E-state index contributed by atoms with van der Waals surface area (Å²) in [6.45, 7) is 8.83. The maximum atomic E-state index is 4.77. The zero-order valence-electron chi connectivity index (χ0n) is 12.5. The minimum absolute atomic E-state index is 0. The molecule has 2 atom stereocenters. The third-order valence-electron chi connectivity index (χ3n) is 4.38. The van der Waals surface area contributed by atoms with E-state index in [1.54, 1.807) is 0 Å². The van der Waals surface area contributed by atoms with Gasteiger partial charge in [0.1, 0.15) is 0 Å². The molecule has 0 spiro atoms. The van der Waals surface area contributed by atoms with Crippen molar-refractivity contribution in [1.29, 1.82) is 0 Å². The summed E-state index contributed by atoms with van der Waals surface area (Å²) in [6.07, 6.45) is 8.20. The molecule has 0 bridgehead atoms. The van der Waals surface area contributed by atoms with E-state index in [9.17, 15) is 0 Å². The number of aliphatic imine (C=N–C) groups is 1. The first-order valence-corrected chi connectivity index (χ1v) is 7.88. The monoisotopic (exact) mass is 379 g/mol. The second-order valence-electron chi connectivity index (χ2n) is 5.80. The van der Waals surface area contributed by atoms with Crippen molar-refractivity contribution in [3.05, 3.63) is 0 Å². The Hall–Kier alpha value is 0. The first-order valence-electron chi connectivity index (χ1n) is 7.88. The molecule has 0 aromatic heterocycles. The summed E-state index contributed by atoms with van der Waals surface area (Å²) in [5.74, 6) is 3.04. The van der Waals surface area contributed by atoms with Crippen molar-refractivity contribution >= 4 is 29.9 Å². The van der Waals surface area contributed by atoms with Crippen LogP contribution in [0.5, 0.6) is 0 Å². The third kappa shape index (κ3) is 4.80. The van der Waals surface area contributed by atoms with Crippen molar-refractivity contribution in [2.24, 2.45) is 16.8 Å². The second-order valence-corrected chi connectivity index (χ2v) is 5.80. The minimum atomic E-state index is 0. The molecule has 1 heterocycles. The lowest BCUT2D eigenvalue weighted by atomic mass is 9.82. The lowest BCUT2D eigenvalue weighted by Gasteiger charge is -2.22. The molecule has 19 heavy (non-hydrogen) atoms. The predicted octanol–water partition coefficient (Wildman–Crippen LogP) is 3.49. The van der Waals surface area contributed by atoms with Crippen molar-refractivity contribution in [1.82, 2.24) is 10.2 Å². The van der Waals surface area contributed by atoms with Crippen LogP contribution in [0.2, 0.25) is 0 Å². The van der Waals surface area contributed by atoms with Gasteiger partial charge in [0.05, 0.1) is 0 Å². The molecule has 4 heteroatoms. The Labute approximate surface area is 135 Å². The van der Waals surface area contributed by atoms with E-state index in [0.717, 1.165) is 24.9 Å². The van der Waals surface area contributed by atoms with E-state index in [1.165, 1.54) is 57.6 Å². The minimum Gasteiger partial charge on any atom is -0.357 e. The van der Waals surface area contributed by atoms with Gasteiger partial charge in [-0.2, -0.15) is 0 Å². The lowest BCUT2D eigenvalue weighted by molar-refractivity contribution is 0.299. The quantitative estimate of drug-likeness (QED) is 0.351. The molecule has 0 aromatic carbocycles. The number of rotatable bonds is 4. The third-order valence-corrected chi connectivity index (χ3v) is 4.38. The van der Waals surface area contributed by atoms with Crippen molar-refractivity contribution in [3.63, 3.8) is 0 Å². The average Bonchev–Trinajstić information content (AvgIpc) is 2.81. The summed E-state index contributed by atoms with van der Waals surface area (Å²) < 4.78 is 0. The number of hydrogen-bond acceptors (Lipinski definition) is 1. The maximum Gasteiger partial charge on any atom is 0.193 e. The Kier molecular flexibility index (Phi) is 8.11. The highest BCUT2D eigenvalue weighted by atomic mass is 127. The van der Waals surface area contributed by atoms with Gasteiger partial charge >= 0.3 is 0 Å². The van der Waals surface area contributed by atoms with Gasteiger partial charge in [0.15, 0.2) is 5.96 Å². The fourth-order valence-corrected chi connectivity index (χ4v) is 3.35. The summed E-state index contributed by atoms with van der Waals surface area (Å²) in [5.41, 5.74) is 0. The molecular weight excluding hydrogens is 349 g/mol. The number of nitrogens with zero attached hydrogens (tertiary/aromatic N) is 2. The largest absolute Gasteiger partial charge is 0.357 e. The molecule has 0 radical (unpaired) electrons. The van der Waals surface area contributed by atoms with Crippen LogP contribution >= 0.6 is 24.0 Å². The van der Waals surface area contributed by atoms with Crippen LogP contribution in [-0.2, 0) is 0 Å². The van der Waals surface area contributed by atoms with Crippen molar-refractivity contribution in [2.75, 3.05) is 26.2 Å². The molecule has 112 valence electrons. The Balaban J connectivity index is 0.00000180. The smallest absolute Gasteiger partial charge is 0.193 e. The van der Waals surface area contributed by atoms with Gasteiger partial charge in [0.25, 0.3) is 0 Å². The van der Waals surface area contributed by atoms with E-state index in [2.05, 4.69) is 24.1 Å². The van der Waals surface area contributed by atoms with Gasteiger partial charge in [0.2, 0.25) is 0 Å². The highest BCUT2D eigenvalue weighted by Crippen LogP contribution is 2.35. The summed E-state index contributed by atoms with van der Waals surface area (Å²) in [5, 5.41) is 3.47. The van der Waals surface area contributed by atoms with E-state index in [1.807, 2.05) is 0 Å². The van der Waals surface area contributed by atoms with Gasteiger partial charge in [-0.3, -0.25) is 4.99 Å². The number of halogens is 1. The van der Waals surface area contributed by atoms with Gasteiger partial charge in [-0.1, -0.05) is 26.2 Å². The molecule has 2 unspecified atom stereocenters. The van der Waals surface area contributed by atoms with Crippen LogP contribution < -0.4 is 5.32 Å². The van der Waals surface area contributed by atoms with E-state index in [4.69, 9.17) is 4.99 Å². The number of likely N-dealkylation sites (tertiary alicyclic amines) is 1. The molecule has 1 saturated carbocycles. The highest BCUT2D eigenvalue weighted by molar-refractivity contribution is 14.0. The maximum absolute atomic E-state index is 4.77. The highest BCUT2D eigenvalue weighted by Gasteiger charge is 2.35. The fraction of sp³-hybridized carbons (Fsp3) is 0.933. The molecule has 1 saturated heterocycles. The van der Waals surface area contributed by atoms with Crippen LogP contribution in [0.15, 0.2) is 4.99 Å². The summed E-state index contributed by atoms with van der Waals surface area (Å²) >= 11 is 0. The molecule has 2 aliphatic rings. The van der Waals surface area contributed by atoms with Crippen molar-refractivity contribution < 1.29 is 0 Å². The Morgan fingerprint density at radius 3 is 2.32 bits per heavy atom. The number of unbranched alkanes of at least 4 members (excludes halogenated alkanes) is 1. The summed E-state index contributed by atoms with van der Waals surface area (Å²) in [6, 6.07) is 0. The van der Waals surface area contributed by atoms with Gasteiger partial charge in [-0.15, -0.1) is 24.0 Å². The van der Waals surface area contributed by atoms with Crippen LogP contribution in [0.1, 0.15) is 52.4 Å². The predicted molar refractivity (Wildman–Crippen MR) is 93.3 cm³/mol. The Morgan fingerprint density at radius 2 is 1.79 bits per heavy atom. The first-order chi connectivity index (χ1) is 8.85. The second kappa shape index (κ2) is 9.03. The number of nitrogens with one attached hydrogen (secondary N) is 1. The van der Waals surface area contributed by atoms with Crippen LogP contribution in [-0.4, -0.2) is 37.0 Å². The molecule has 2 fully saturated rings. The van der Waals surface area contributed by atoms with E-state index in [0.29, 0.717) is 0 Å². The molecule has 3 nitrogen and oxygen atoms in total. The zero-order valence-corrected chi connectivity index (χ0v) is 14.9. The van der Waals surface area contributed by atoms with Crippen LogP contribution in [0.4, 0.5) is 0 Å². The number of guanidine groups is 1. The van der Waals surface area contributed by atoms with E-state index >= 15 is 0 Å². The molecular formula is C15H30IN3. The Morgan fingerprint density at radius 1 is 1.16 bits per heavy atom. The van der Waals surface area contributed by atoms with E-state index in [-0.39, 0.29) is 24.0 Å². The number of fused-ring (bicyclic) bond motifs is 1. The average molecular weight is 379 g/mol.